The average Bonchev–Trinajstić information content (AvgIpc) is 3.56. The Morgan fingerprint density at radius 1 is 1.03 bits per heavy atom. The first-order valence-corrected chi connectivity index (χ1v) is 12.2. The number of aromatic amines is 1. The highest BCUT2D eigenvalue weighted by Crippen LogP contribution is 2.34. The Kier molecular flexibility index (Phi) is 5.95. The van der Waals surface area contributed by atoms with Crippen LogP contribution in [0.1, 0.15) is 55.3 Å². The molecule has 1 aromatic carbocycles. The number of nitrogens with one attached hydrogen (secondary N) is 1. The number of nitrogens with zero attached hydrogens (tertiary/aromatic N) is 5. The van der Waals surface area contributed by atoms with Gasteiger partial charge in [0.1, 0.15) is 19.0 Å². The van der Waals surface area contributed by atoms with Gasteiger partial charge in [0.05, 0.1) is 30.9 Å². The van der Waals surface area contributed by atoms with E-state index in [-0.39, 0.29) is 5.56 Å². The quantitative estimate of drug-likeness (QED) is 0.431. The fourth-order valence-corrected chi connectivity index (χ4v) is 5.06. The van der Waals surface area contributed by atoms with E-state index < -0.39 is 0 Å². The molecule has 1 aliphatic carbocycles. The summed E-state index contributed by atoms with van der Waals surface area (Å²) in [5.41, 5.74) is 1.24. The monoisotopic (exact) mass is 476 g/mol. The predicted molar refractivity (Wildman–Crippen MR) is 127 cm³/mol. The average molecular weight is 477 g/mol. The smallest absolute Gasteiger partial charge is 0.252 e. The molecule has 0 bridgehead atoms. The van der Waals surface area contributed by atoms with Crippen molar-refractivity contribution in [1.82, 2.24) is 30.1 Å². The van der Waals surface area contributed by atoms with Crippen molar-refractivity contribution in [3.05, 3.63) is 64.1 Å². The predicted octanol–water partition coefficient (Wildman–Crippen LogP) is 3.59. The standard InChI is InChI=1S/C25H28N6O4/c32-25-18(11-17-12-22-23(13-21(17)26-25)35-10-9-34-22)14-30(15-20-7-4-8-33-20)16-24-27-28-29-31(24)19-5-2-1-3-6-19/h4,7-8,11-13,19H,1-3,5-6,9-10,14-16H2,(H,26,32). The number of fused-ring (bicyclic) bond motifs is 2. The van der Waals surface area contributed by atoms with Gasteiger partial charge in [-0.05, 0) is 47.5 Å². The minimum absolute atomic E-state index is 0.134. The third kappa shape index (κ3) is 4.66. The van der Waals surface area contributed by atoms with Gasteiger partial charge in [-0.2, -0.15) is 0 Å². The Morgan fingerprint density at radius 2 is 1.86 bits per heavy atom. The molecule has 1 aliphatic heterocycles. The number of H-pyrrole nitrogens is 1. The lowest BCUT2D eigenvalue weighted by Crippen LogP contribution is -2.28. The topological polar surface area (TPSA) is 111 Å². The number of ether oxygens (including phenoxy) is 2. The molecule has 6 rings (SSSR count). The molecular weight excluding hydrogens is 448 g/mol. The highest BCUT2D eigenvalue weighted by Gasteiger charge is 2.23. The van der Waals surface area contributed by atoms with Crippen LogP contribution < -0.4 is 15.0 Å². The summed E-state index contributed by atoms with van der Waals surface area (Å²) in [4.78, 5) is 18.2. The summed E-state index contributed by atoms with van der Waals surface area (Å²) in [5, 5.41) is 13.5. The van der Waals surface area contributed by atoms with E-state index in [0.29, 0.717) is 56.0 Å². The van der Waals surface area contributed by atoms with Crippen LogP contribution in [0.3, 0.4) is 0 Å². The minimum atomic E-state index is -0.134. The zero-order valence-electron chi connectivity index (χ0n) is 19.5. The number of pyridine rings is 1. The van der Waals surface area contributed by atoms with E-state index in [1.807, 2.05) is 35.0 Å². The maximum Gasteiger partial charge on any atom is 0.252 e. The Balaban J connectivity index is 1.30. The van der Waals surface area contributed by atoms with E-state index in [4.69, 9.17) is 13.9 Å². The highest BCUT2D eigenvalue weighted by atomic mass is 16.6. The van der Waals surface area contributed by atoms with Crippen LogP contribution in [0.25, 0.3) is 10.9 Å². The molecule has 4 heterocycles. The van der Waals surface area contributed by atoms with Crippen molar-refractivity contribution >= 4 is 10.9 Å². The molecule has 4 aromatic rings. The molecule has 0 unspecified atom stereocenters. The van der Waals surface area contributed by atoms with Gasteiger partial charge < -0.3 is 18.9 Å². The van der Waals surface area contributed by atoms with Crippen LogP contribution in [0.4, 0.5) is 0 Å². The summed E-state index contributed by atoms with van der Waals surface area (Å²) < 4.78 is 19.0. The second-order valence-electron chi connectivity index (χ2n) is 9.26. The van der Waals surface area contributed by atoms with Gasteiger partial charge in [0.2, 0.25) is 0 Å². The molecule has 0 amide bonds. The second-order valence-corrected chi connectivity index (χ2v) is 9.26. The first-order valence-electron chi connectivity index (χ1n) is 12.2. The van der Waals surface area contributed by atoms with Gasteiger partial charge in [-0.1, -0.05) is 19.3 Å². The Bertz CT molecular complexity index is 1360. The van der Waals surface area contributed by atoms with E-state index in [1.165, 1.54) is 19.3 Å². The van der Waals surface area contributed by atoms with Crippen molar-refractivity contribution in [2.45, 2.75) is 57.8 Å². The van der Waals surface area contributed by atoms with Crippen molar-refractivity contribution in [3.63, 3.8) is 0 Å². The maximum absolute atomic E-state index is 13.0. The van der Waals surface area contributed by atoms with Crippen molar-refractivity contribution < 1.29 is 13.9 Å². The molecule has 0 radical (unpaired) electrons. The van der Waals surface area contributed by atoms with Gasteiger partial charge in [0, 0.05) is 23.6 Å². The van der Waals surface area contributed by atoms with Crippen LogP contribution in [-0.2, 0) is 19.6 Å². The normalized spacial score (nSPS) is 16.3. The highest BCUT2D eigenvalue weighted by molar-refractivity contribution is 5.83. The van der Waals surface area contributed by atoms with Crippen LogP contribution in [0.5, 0.6) is 11.5 Å². The number of aromatic nitrogens is 5. The number of rotatable bonds is 7. The van der Waals surface area contributed by atoms with Gasteiger partial charge in [0.25, 0.3) is 5.56 Å². The van der Waals surface area contributed by atoms with Crippen LogP contribution in [0.15, 0.2) is 45.8 Å². The molecule has 1 N–H and O–H groups in total. The lowest BCUT2D eigenvalue weighted by molar-refractivity contribution is 0.172. The Hall–Kier alpha value is -3.66. The largest absolute Gasteiger partial charge is 0.486 e. The first kappa shape index (κ1) is 21.8. The van der Waals surface area contributed by atoms with Crippen LogP contribution in [-0.4, -0.2) is 43.3 Å². The Morgan fingerprint density at radius 3 is 2.66 bits per heavy atom. The van der Waals surface area contributed by atoms with Gasteiger partial charge in [0.15, 0.2) is 17.3 Å². The summed E-state index contributed by atoms with van der Waals surface area (Å²) in [6, 6.07) is 9.80. The first-order chi connectivity index (χ1) is 17.2. The molecule has 0 saturated heterocycles. The van der Waals surface area contributed by atoms with Crippen LogP contribution >= 0.6 is 0 Å². The maximum atomic E-state index is 13.0. The summed E-state index contributed by atoms with van der Waals surface area (Å²) in [7, 11) is 0. The molecule has 3 aromatic heterocycles. The zero-order chi connectivity index (χ0) is 23.6. The third-order valence-electron chi connectivity index (χ3n) is 6.78. The molecule has 0 atom stereocenters. The van der Waals surface area contributed by atoms with E-state index >= 15 is 0 Å². The number of hydrogen-bond acceptors (Lipinski definition) is 8. The van der Waals surface area contributed by atoms with Crippen molar-refractivity contribution in [1.29, 1.82) is 0 Å². The molecule has 182 valence electrons. The summed E-state index contributed by atoms with van der Waals surface area (Å²) in [6.45, 7) is 2.47. The minimum Gasteiger partial charge on any atom is -0.486 e. The van der Waals surface area contributed by atoms with Gasteiger partial charge >= 0.3 is 0 Å². The van der Waals surface area contributed by atoms with E-state index in [1.54, 1.807) is 6.26 Å². The number of furan rings is 1. The summed E-state index contributed by atoms with van der Waals surface area (Å²) >= 11 is 0. The number of benzene rings is 1. The lowest BCUT2D eigenvalue weighted by Gasteiger charge is -2.25. The molecule has 1 saturated carbocycles. The molecule has 0 spiro atoms. The fourth-order valence-electron chi connectivity index (χ4n) is 5.06. The molecule has 35 heavy (non-hydrogen) atoms. The SMILES string of the molecule is O=c1[nH]c2cc3c(cc2cc1CN(Cc1ccco1)Cc1nnnn1C1CCCCC1)OCCO3. The summed E-state index contributed by atoms with van der Waals surface area (Å²) in [6.07, 6.45) is 7.51. The second kappa shape index (κ2) is 9.53. The van der Waals surface area contributed by atoms with E-state index in [0.717, 1.165) is 35.3 Å². The molecule has 10 nitrogen and oxygen atoms in total. The lowest BCUT2D eigenvalue weighted by atomic mass is 9.95. The van der Waals surface area contributed by atoms with Crippen molar-refractivity contribution in [3.8, 4) is 11.5 Å². The van der Waals surface area contributed by atoms with Gasteiger partial charge in [-0.25, -0.2) is 4.68 Å². The summed E-state index contributed by atoms with van der Waals surface area (Å²) in [5.74, 6) is 2.97. The zero-order valence-corrected chi connectivity index (χ0v) is 19.5. The van der Waals surface area contributed by atoms with Gasteiger partial charge in [-0.3, -0.25) is 9.69 Å². The molecule has 1 fully saturated rings. The number of hydrogen-bond donors (Lipinski definition) is 1. The van der Waals surface area contributed by atoms with Crippen LogP contribution in [0.2, 0.25) is 0 Å². The molecule has 2 aliphatic rings. The van der Waals surface area contributed by atoms with Crippen molar-refractivity contribution in [2.75, 3.05) is 13.2 Å². The molecular formula is C25H28N6O4. The van der Waals surface area contributed by atoms with Crippen molar-refractivity contribution in [2.24, 2.45) is 0 Å². The van der Waals surface area contributed by atoms with Gasteiger partial charge in [-0.15, -0.1) is 5.10 Å². The van der Waals surface area contributed by atoms with Crippen LogP contribution in [0, 0.1) is 0 Å². The van der Waals surface area contributed by atoms with E-state index in [2.05, 4.69) is 25.4 Å². The third-order valence-corrected chi connectivity index (χ3v) is 6.78. The number of tetrazole rings is 1. The molecule has 10 heteroatoms. The fraction of sp³-hybridized carbons (Fsp3) is 0.440. The van der Waals surface area contributed by atoms with E-state index in [9.17, 15) is 4.79 Å². The Labute approximate surface area is 201 Å².